The van der Waals surface area contributed by atoms with E-state index in [-0.39, 0.29) is 22.9 Å². The van der Waals surface area contributed by atoms with Crippen LogP contribution in [0.4, 0.5) is 5.00 Å². The molecule has 4 heterocycles. The molecule has 12 heteroatoms. The summed E-state index contributed by atoms with van der Waals surface area (Å²) in [5, 5.41) is 6.94. The fourth-order valence-corrected chi connectivity index (χ4v) is 9.77. The van der Waals surface area contributed by atoms with Crippen LogP contribution in [-0.4, -0.2) is 49.3 Å². The molecule has 2 N–H and O–H groups in total. The minimum absolute atomic E-state index is 0.112. The molecule has 1 saturated heterocycles. The van der Waals surface area contributed by atoms with Crippen LogP contribution in [0, 0.1) is 0 Å². The zero-order valence-corrected chi connectivity index (χ0v) is 24.3. The molecule has 0 bridgehead atoms. The summed E-state index contributed by atoms with van der Waals surface area (Å²) in [7, 11) is -3.89. The summed E-state index contributed by atoms with van der Waals surface area (Å²) in [5.74, 6) is -0.935. The van der Waals surface area contributed by atoms with Crippen LogP contribution >= 0.6 is 34.3 Å². The summed E-state index contributed by atoms with van der Waals surface area (Å²) in [4.78, 5) is 27.6. The highest BCUT2D eigenvalue weighted by Gasteiger charge is 2.43. The molecule has 1 atom stereocenters. The second kappa shape index (κ2) is 9.99. The maximum Gasteiger partial charge on any atom is 0.341 e. The number of carbonyl (C=O) groups excluding carboxylic acids is 2. The van der Waals surface area contributed by atoms with Crippen molar-refractivity contribution >= 4 is 61.2 Å². The lowest BCUT2D eigenvalue weighted by Crippen LogP contribution is -2.55. The standard InChI is InChI=1S/C24H32ClN3O5S3/c1-6-33-22(30)18-14-13-23(2,3)27-24(4,5)19(14)35-21(18)26-20(29)15-9-7-8-12-28(15)36(31,32)17-11-10-16(25)34-17/h10-11,15,27H,6-9,12-13H2,1-5H3,(H,26,29). The van der Waals surface area contributed by atoms with Gasteiger partial charge in [0.15, 0.2) is 0 Å². The van der Waals surface area contributed by atoms with Gasteiger partial charge in [0.25, 0.3) is 10.0 Å². The van der Waals surface area contributed by atoms with Crippen LogP contribution in [0.5, 0.6) is 0 Å². The van der Waals surface area contributed by atoms with E-state index in [1.54, 1.807) is 6.92 Å². The minimum Gasteiger partial charge on any atom is -0.462 e. The number of hydrogen-bond acceptors (Lipinski definition) is 8. The van der Waals surface area contributed by atoms with E-state index in [0.29, 0.717) is 34.2 Å². The molecule has 2 aromatic heterocycles. The van der Waals surface area contributed by atoms with Crippen LogP contribution in [0.25, 0.3) is 0 Å². The molecule has 36 heavy (non-hydrogen) atoms. The summed E-state index contributed by atoms with van der Waals surface area (Å²) in [5.41, 5.74) is 0.535. The van der Waals surface area contributed by atoms with Crippen molar-refractivity contribution in [3.05, 3.63) is 32.5 Å². The van der Waals surface area contributed by atoms with Gasteiger partial charge in [-0.1, -0.05) is 18.0 Å². The molecule has 8 nitrogen and oxygen atoms in total. The maximum atomic E-state index is 13.6. The summed E-state index contributed by atoms with van der Waals surface area (Å²) >= 11 is 8.31. The third-order valence-electron chi connectivity index (χ3n) is 6.43. The first-order chi connectivity index (χ1) is 16.8. The van der Waals surface area contributed by atoms with Crippen molar-refractivity contribution in [2.45, 2.75) is 81.6 Å². The number of halogens is 1. The van der Waals surface area contributed by atoms with Gasteiger partial charge in [-0.25, -0.2) is 13.2 Å². The lowest BCUT2D eigenvalue weighted by molar-refractivity contribution is -0.120. The van der Waals surface area contributed by atoms with Gasteiger partial charge >= 0.3 is 5.97 Å². The predicted octanol–water partition coefficient (Wildman–Crippen LogP) is 4.98. The lowest BCUT2D eigenvalue weighted by Gasteiger charge is -2.42. The summed E-state index contributed by atoms with van der Waals surface area (Å²) in [6, 6.07) is 2.12. The van der Waals surface area contributed by atoms with Crippen molar-refractivity contribution in [3.8, 4) is 0 Å². The first kappa shape index (κ1) is 27.5. The normalized spacial score (nSPS) is 21.6. The quantitative estimate of drug-likeness (QED) is 0.472. The number of carbonyl (C=O) groups is 2. The Bertz CT molecular complexity index is 1280. The second-order valence-electron chi connectivity index (χ2n) is 10.3. The number of piperidine rings is 1. The molecule has 0 aliphatic carbocycles. The Morgan fingerprint density at radius 1 is 1.22 bits per heavy atom. The number of amides is 1. The van der Waals surface area contributed by atoms with Gasteiger partial charge in [-0.05, 0) is 71.6 Å². The Labute approximate surface area is 225 Å². The van der Waals surface area contributed by atoms with Gasteiger partial charge < -0.3 is 15.4 Å². The van der Waals surface area contributed by atoms with Crippen molar-refractivity contribution in [1.82, 2.24) is 9.62 Å². The number of thiophene rings is 2. The molecular weight excluding hydrogens is 542 g/mol. The minimum atomic E-state index is -3.89. The molecule has 0 radical (unpaired) electrons. The van der Waals surface area contributed by atoms with Gasteiger partial charge in [0.05, 0.1) is 16.5 Å². The van der Waals surface area contributed by atoms with Gasteiger partial charge in [0, 0.05) is 22.5 Å². The van der Waals surface area contributed by atoms with E-state index >= 15 is 0 Å². The van der Waals surface area contributed by atoms with E-state index in [1.807, 2.05) is 13.8 Å². The number of sulfonamides is 1. The zero-order valence-electron chi connectivity index (χ0n) is 21.1. The first-order valence-corrected chi connectivity index (χ1v) is 15.4. The Balaban J connectivity index is 1.71. The van der Waals surface area contributed by atoms with Gasteiger partial charge in [0.2, 0.25) is 5.91 Å². The van der Waals surface area contributed by atoms with Gasteiger partial charge in [-0.15, -0.1) is 22.7 Å². The van der Waals surface area contributed by atoms with E-state index in [1.165, 1.54) is 27.8 Å². The number of fused-ring (bicyclic) bond motifs is 1. The highest BCUT2D eigenvalue weighted by Crippen LogP contribution is 2.45. The molecule has 2 aromatic rings. The SMILES string of the molecule is CCOC(=O)c1c(NC(=O)C2CCCCN2S(=O)(=O)c2ccc(Cl)s2)sc2c1CC(C)(C)NC2(C)C. The molecule has 1 unspecified atom stereocenters. The molecule has 1 fully saturated rings. The molecule has 0 aromatic carbocycles. The molecular formula is C24H32ClN3O5S3. The third-order valence-corrected chi connectivity index (χ3v) is 11.5. The number of rotatable bonds is 6. The topological polar surface area (TPSA) is 105 Å². The molecule has 2 aliphatic heterocycles. The fourth-order valence-electron chi connectivity index (χ4n) is 5.24. The molecule has 0 spiro atoms. The predicted molar refractivity (Wildman–Crippen MR) is 144 cm³/mol. The number of anilines is 1. The van der Waals surface area contributed by atoms with Crippen molar-refractivity contribution in [2.75, 3.05) is 18.5 Å². The molecule has 2 aliphatic rings. The maximum absolute atomic E-state index is 13.6. The van der Waals surface area contributed by atoms with Crippen molar-refractivity contribution in [2.24, 2.45) is 0 Å². The average Bonchev–Trinajstić information content (AvgIpc) is 3.37. The van der Waals surface area contributed by atoms with Crippen LogP contribution in [-0.2, 0) is 31.5 Å². The van der Waals surface area contributed by atoms with E-state index < -0.39 is 33.5 Å². The van der Waals surface area contributed by atoms with Crippen LogP contribution in [0.1, 0.15) is 74.7 Å². The summed E-state index contributed by atoms with van der Waals surface area (Å²) < 4.78 is 33.8. The van der Waals surface area contributed by atoms with Gasteiger partial charge in [-0.2, -0.15) is 4.31 Å². The Hall–Kier alpha value is -1.50. The largest absolute Gasteiger partial charge is 0.462 e. The van der Waals surface area contributed by atoms with E-state index in [0.717, 1.165) is 28.2 Å². The van der Waals surface area contributed by atoms with Gasteiger partial charge in [-0.3, -0.25) is 4.79 Å². The van der Waals surface area contributed by atoms with Gasteiger partial charge in [0.1, 0.15) is 15.3 Å². The van der Waals surface area contributed by atoms with Crippen LogP contribution in [0.2, 0.25) is 4.34 Å². The zero-order chi connectivity index (χ0) is 26.5. The molecule has 1 amide bonds. The lowest BCUT2D eigenvalue weighted by atomic mass is 9.81. The number of nitrogens with zero attached hydrogens (tertiary/aromatic N) is 1. The number of nitrogens with one attached hydrogen (secondary N) is 2. The first-order valence-electron chi connectivity index (χ1n) is 12.0. The van der Waals surface area contributed by atoms with Crippen molar-refractivity contribution in [1.29, 1.82) is 0 Å². The highest BCUT2D eigenvalue weighted by molar-refractivity contribution is 7.91. The summed E-state index contributed by atoms with van der Waals surface area (Å²) in [6.07, 6.45) is 2.38. The molecule has 0 saturated carbocycles. The van der Waals surface area contributed by atoms with E-state index in [2.05, 4.69) is 24.5 Å². The van der Waals surface area contributed by atoms with Crippen LogP contribution in [0.15, 0.2) is 16.3 Å². The van der Waals surface area contributed by atoms with E-state index in [4.69, 9.17) is 16.3 Å². The van der Waals surface area contributed by atoms with Crippen LogP contribution in [0.3, 0.4) is 0 Å². The highest BCUT2D eigenvalue weighted by atomic mass is 35.5. The van der Waals surface area contributed by atoms with Crippen LogP contribution < -0.4 is 10.6 Å². The Morgan fingerprint density at radius 2 is 1.94 bits per heavy atom. The Kier molecular flexibility index (Phi) is 7.64. The molecule has 4 rings (SSSR count). The summed E-state index contributed by atoms with van der Waals surface area (Å²) in [6.45, 7) is 10.4. The van der Waals surface area contributed by atoms with E-state index in [9.17, 15) is 18.0 Å². The monoisotopic (exact) mass is 573 g/mol. The second-order valence-corrected chi connectivity index (χ2v) is 15.2. The van der Waals surface area contributed by atoms with Crippen molar-refractivity contribution in [3.63, 3.8) is 0 Å². The average molecular weight is 574 g/mol. The Morgan fingerprint density at radius 3 is 2.58 bits per heavy atom. The fraction of sp³-hybridized carbons (Fsp3) is 0.583. The third kappa shape index (κ3) is 5.23. The number of hydrogen-bond donors (Lipinski definition) is 2. The number of ether oxygens (including phenoxy) is 1. The molecule has 198 valence electrons. The number of esters is 1. The van der Waals surface area contributed by atoms with Crippen molar-refractivity contribution < 1.29 is 22.7 Å². The smallest absolute Gasteiger partial charge is 0.341 e.